The van der Waals surface area contributed by atoms with E-state index in [4.69, 9.17) is 4.74 Å². The normalized spacial score (nSPS) is 17.4. The number of hydrogen-bond donors (Lipinski definition) is 0. The Labute approximate surface area is 159 Å². The molecule has 3 aromatic heterocycles. The minimum absolute atomic E-state index is 0.0706. The Morgan fingerprint density at radius 3 is 2.89 bits per heavy atom. The van der Waals surface area contributed by atoms with E-state index in [0.717, 1.165) is 18.5 Å². The van der Waals surface area contributed by atoms with E-state index in [1.165, 1.54) is 16.8 Å². The lowest BCUT2D eigenvalue weighted by Crippen LogP contribution is -2.25. The van der Waals surface area contributed by atoms with Gasteiger partial charge in [-0.1, -0.05) is 5.21 Å². The molecule has 0 bridgehead atoms. The lowest BCUT2D eigenvalue weighted by molar-refractivity contribution is 0.108. The van der Waals surface area contributed by atoms with Crippen molar-refractivity contribution in [1.29, 1.82) is 0 Å². The molecule has 0 aliphatic carbocycles. The van der Waals surface area contributed by atoms with Gasteiger partial charge in [-0.3, -0.25) is 9.20 Å². The van der Waals surface area contributed by atoms with Crippen LogP contribution < -0.4 is 5.56 Å². The molecule has 144 valence electrons. The monoisotopic (exact) mass is 382 g/mol. The fourth-order valence-corrected chi connectivity index (χ4v) is 3.86. The van der Waals surface area contributed by atoms with Crippen molar-refractivity contribution >= 4 is 16.6 Å². The Hall–Kier alpha value is -3.07. The summed E-state index contributed by atoms with van der Waals surface area (Å²) >= 11 is 0. The second-order valence-electron chi connectivity index (χ2n) is 7.28. The van der Waals surface area contributed by atoms with Gasteiger partial charge in [0.05, 0.1) is 17.2 Å². The summed E-state index contributed by atoms with van der Waals surface area (Å²) in [6.07, 6.45) is 5.14. The molecular weight excluding hydrogens is 363 g/mol. The number of ether oxygens (including phenoxy) is 1. The van der Waals surface area contributed by atoms with Gasteiger partial charge in [-0.2, -0.15) is 4.68 Å². The van der Waals surface area contributed by atoms with E-state index >= 15 is 0 Å². The number of rotatable bonds is 3. The molecule has 1 saturated heterocycles. The maximum Gasteiger partial charge on any atom is 0.279 e. The van der Waals surface area contributed by atoms with Crippen molar-refractivity contribution < 1.29 is 9.13 Å². The topological polar surface area (TPSA) is 79.2 Å². The molecule has 0 spiro atoms. The Morgan fingerprint density at radius 1 is 1.29 bits per heavy atom. The molecule has 0 N–H and O–H groups in total. The molecule has 1 aromatic carbocycles. The molecule has 0 radical (unpaired) electrons. The van der Waals surface area contributed by atoms with Crippen LogP contribution in [0.15, 0.2) is 35.5 Å². The zero-order chi connectivity index (χ0) is 19.4. The van der Waals surface area contributed by atoms with Crippen molar-refractivity contribution in [3.63, 3.8) is 0 Å². The molecule has 1 aliphatic rings. The third kappa shape index (κ3) is 2.46. The molecule has 4 heterocycles. The quantitative estimate of drug-likeness (QED) is 0.544. The molecule has 1 unspecified atom stereocenters. The molecule has 9 heteroatoms. The summed E-state index contributed by atoms with van der Waals surface area (Å²) in [7, 11) is 0. The van der Waals surface area contributed by atoms with Crippen molar-refractivity contribution in [3.8, 4) is 5.82 Å². The van der Waals surface area contributed by atoms with Gasteiger partial charge in [-0.05, 0) is 44.9 Å². The van der Waals surface area contributed by atoms with Gasteiger partial charge in [0, 0.05) is 12.6 Å². The van der Waals surface area contributed by atoms with Gasteiger partial charge in [0.1, 0.15) is 23.9 Å². The van der Waals surface area contributed by atoms with Gasteiger partial charge in [0.2, 0.25) is 0 Å². The molecule has 0 amide bonds. The van der Waals surface area contributed by atoms with E-state index in [2.05, 4.69) is 15.3 Å². The van der Waals surface area contributed by atoms with Crippen LogP contribution in [-0.2, 0) is 4.74 Å². The van der Waals surface area contributed by atoms with E-state index in [1.54, 1.807) is 27.6 Å². The maximum absolute atomic E-state index is 13.9. The first kappa shape index (κ1) is 17.1. The van der Waals surface area contributed by atoms with Gasteiger partial charge >= 0.3 is 0 Å². The molecule has 0 saturated carbocycles. The van der Waals surface area contributed by atoms with Crippen LogP contribution in [0.25, 0.3) is 22.4 Å². The number of halogens is 1. The van der Waals surface area contributed by atoms with Crippen LogP contribution >= 0.6 is 0 Å². The Bertz CT molecular complexity index is 1250. The van der Waals surface area contributed by atoms with E-state index in [-0.39, 0.29) is 17.7 Å². The highest BCUT2D eigenvalue weighted by atomic mass is 19.1. The first-order valence-corrected chi connectivity index (χ1v) is 9.29. The fraction of sp³-hybridized carbons (Fsp3) is 0.368. The minimum Gasteiger partial charge on any atom is -0.372 e. The summed E-state index contributed by atoms with van der Waals surface area (Å²) in [6.45, 7) is 4.50. The molecule has 8 nitrogen and oxygen atoms in total. The van der Waals surface area contributed by atoms with Crippen molar-refractivity contribution in [1.82, 2.24) is 28.9 Å². The third-order valence-electron chi connectivity index (χ3n) is 5.13. The van der Waals surface area contributed by atoms with Crippen molar-refractivity contribution in [2.24, 2.45) is 0 Å². The molecule has 1 fully saturated rings. The van der Waals surface area contributed by atoms with E-state index in [1.807, 2.05) is 13.8 Å². The number of nitrogens with zero attached hydrogens (tertiary/aromatic N) is 6. The van der Waals surface area contributed by atoms with Gasteiger partial charge in [0.25, 0.3) is 5.56 Å². The first-order chi connectivity index (χ1) is 13.5. The number of hydrogen-bond acceptors (Lipinski definition) is 5. The largest absolute Gasteiger partial charge is 0.372 e. The van der Waals surface area contributed by atoms with E-state index in [0.29, 0.717) is 29.0 Å². The predicted octanol–water partition coefficient (Wildman–Crippen LogP) is 2.80. The molecule has 28 heavy (non-hydrogen) atoms. The Morgan fingerprint density at radius 2 is 2.14 bits per heavy atom. The van der Waals surface area contributed by atoms with Crippen LogP contribution in [0.5, 0.6) is 0 Å². The summed E-state index contributed by atoms with van der Waals surface area (Å²) in [6, 6.07) is 4.26. The predicted molar refractivity (Wildman–Crippen MR) is 100 cm³/mol. The maximum atomic E-state index is 13.9. The van der Waals surface area contributed by atoms with Crippen LogP contribution in [0.4, 0.5) is 4.39 Å². The van der Waals surface area contributed by atoms with Crippen LogP contribution in [0.3, 0.4) is 0 Å². The second-order valence-corrected chi connectivity index (χ2v) is 7.28. The van der Waals surface area contributed by atoms with E-state index < -0.39 is 5.82 Å². The smallest absolute Gasteiger partial charge is 0.279 e. The van der Waals surface area contributed by atoms with Crippen molar-refractivity contribution in [3.05, 3.63) is 52.6 Å². The molecule has 1 aliphatic heterocycles. The summed E-state index contributed by atoms with van der Waals surface area (Å²) in [5.41, 5.74) is 2.06. The third-order valence-corrected chi connectivity index (χ3v) is 5.13. The lowest BCUT2D eigenvalue weighted by atomic mass is 10.2. The average molecular weight is 382 g/mol. The lowest BCUT2D eigenvalue weighted by Gasteiger charge is -2.15. The second kappa shape index (κ2) is 6.23. The zero-order valence-corrected chi connectivity index (χ0v) is 15.5. The Kier molecular flexibility index (Phi) is 3.80. The molecular formula is C19H19FN6O2. The number of imidazole rings is 1. The minimum atomic E-state index is -0.390. The van der Waals surface area contributed by atoms with Crippen LogP contribution in [-0.4, -0.2) is 35.6 Å². The van der Waals surface area contributed by atoms with Gasteiger partial charge < -0.3 is 9.30 Å². The van der Waals surface area contributed by atoms with Gasteiger partial charge in [-0.25, -0.2) is 9.37 Å². The highest BCUT2D eigenvalue weighted by Gasteiger charge is 2.23. The SMILES string of the molecule is CC(C)n1c(=O)c2c(-n3cc(C4CCCO4)nn3)ncn2c2ccc(F)cc21. The molecule has 1 atom stereocenters. The Balaban J connectivity index is 1.77. The standard InChI is InChI=1S/C19H19FN6O2/c1-11(2)26-15-8-12(20)5-6-14(15)24-10-21-18(17(24)19(26)27)25-9-13(22-23-25)16-4-3-7-28-16/h5-6,8-11,16H,3-4,7H2,1-2H3. The highest BCUT2D eigenvalue weighted by molar-refractivity contribution is 5.81. The van der Waals surface area contributed by atoms with Crippen LogP contribution in [0.2, 0.25) is 0 Å². The number of aromatic nitrogens is 6. The van der Waals surface area contributed by atoms with Crippen LogP contribution in [0, 0.1) is 5.82 Å². The molecule has 4 aromatic rings. The van der Waals surface area contributed by atoms with Crippen LogP contribution in [0.1, 0.15) is 44.5 Å². The summed E-state index contributed by atoms with van der Waals surface area (Å²) < 4.78 is 24.3. The number of benzene rings is 1. The highest BCUT2D eigenvalue weighted by Crippen LogP contribution is 2.27. The fourth-order valence-electron chi connectivity index (χ4n) is 3.86. The summed E-state index contributed by atoms with van der Waals surface area (Å²) in [5, 5.41) is 8.37. The zero-order valence-electron chi connectivity index (χ0n) is 15.5. The van der Waals surface area contributed by atoms with Crippen molar-refractivity contribution in [2.75, 3.05) is 6.61 Å². The summed E-state index contributed by atoms with van der Waals surface area (Å²) in [5.74, 6) is 0.000780. The average Bonchev–Trinajstić information content (AvgIpc) is 3.40. The summed E-state index contributed by atoms with van der Waals surface area (Å²) in [4.78, 5) is 17.7. The van der Waals surface area contributed by atoms with Gasteiger partial charge in [-0.15, -0.1) is 5.10 Å². The van der Waals surface area contributed by atoms with Crippen molar-refractivity contribution in [2.45, 2.75) is 38.8 Å². The van der Waals surface area contributed by atoms with Gasteiger partial charge in [0.15, 0.2) is 11.3 Å². The molecule has 5 rings (SSSR count). The number of fused-ring (bicyclic) bond motifs is 3. The van der Waals surface area contributed by atoms with E-state index in [9.17, 15) is 9.18 Å². The first-order valence-electron chi connectivity index (χ1n) is 9.29.